The second kappa shape index (κ2) is 13.3. The molecule has 0 saturated carbocycles. The maximum Gasteiger partial charge on any atom is 0.297 e. The summed E-state index contributed by atoms with van der Waals surface area (Å²) in [6, 6.07) is 25.1. The molecule has 8 nitrogen and oxygen atoms in total. The van der Waals surface area contributed by atoms with E-state index in [2.05, 4.69) is 0 Å². The van der Waals surface area contributed by atoms with E-state index in [0.717, 1.165) is 16.7 Å². The highest BCUT2D eigenvalue weighted by atomic mass is 32.2. The summed E-state index contributed by atoms with van der Waals surface area (Å²) in [6.07, 6.45) is -1.42. The molecular weight excluding hydrogens is 571 g/mol. The second-order valence-corrected chi connectivity index (χ2v) is 12.4. The molecule has 0 heterocycles. The Balaban J connectivity index is 1.54. The lowest BCUT2D eigenvalue weighted by atomic mass is 10.2. The van der Waals surface area contributed by atoms with Gasteiger partial charge < -0.3 is 9.47 Å². The Kier molecular flexibility index (Phi) is 9.77. The van der Waals surface area contributed by atoms with Crippen LogP contribution in [0.3, 0.4) is 0 Å². The van der Waals surface area contributed by atoms with Crippen molar-refractivity contribution < 1.29 is 39.1 Å². The van der Waals surface area contributed by atoms with E-state index in [1.807, 2.05) is 30.3 Å². The molecule has 41 heavy (non-hydrogen) atoms. The first-order valence-electron chi connectivity index (χ1n) is 12.6. The van der Waals surface area contributed by atoms with Gasteiger partial charge in [-0.3, -0.25) is 8.37 Å². The molecular formula is C30H29FO8S2. The summed E-state index contributed by atoms with van der Waals surface area (Å²) in [7, 11) is -8.59. The van der Waals surface area contributed by atoms with E-state index in [1.165, 1.54) is 42.5 Å². The highest BCUT2D eigenvalue weighted by molar-refractivity contribution is 7.87. The van der Waals surface area contributed by atoms with Crippen LogP contribution in [0.15, 0.2) is 107 Å². The highest BCUT2D eigenvalue weighted by Crippen LogP contribution is 2.31. The van der Waals surface area contributed by atoms with Gasteiger partial charge in [-0.2, -0.15) is 16.8 Å². The number of benzene rings is 4. The average Bonchev–Trinajstić information content (AvgIpc) is 2.95. The topological polar surface area (TPSA) is 105 Å². The molecule has 0 N–H and O–H groups in total. The van der Waals surface area contributed by atoms with Gasteiger partial charge in [-0.15, -0.1) is 0 Å². The van der Waals surface area contributed by atoms with Crippen molar-refractivity contribution in [2.24, 2.45) is 0 Å². The third-order valence-corrected chi connectivity index (χ3v) is 8.54. The SMILES string of the molecule is Cc1ccc(S(=O)(=O)OC[C@@H](COc2cccc(F)c2OCc2ccccc2)OS(=O)(=O)c2ccc(C)cc2)cc1. The summed E-state index contributed by atoms with van der Waals surface area (Å²) >= 11 is 0. The Morgan fingerprint density at radius 2 is 1.24 bits per heavy atom. The molecule has 0 aliphatic rings. The summed E-state index contributed by atoms with van der Waals surface area (Å²) in [5, 5.41) is 0. The van der Waals surface area contributed by atoms with Crippen LogP contribution >= 0.6 is 0 Å². The molecule has 4 rings (SSSR count). The summed E-state index contributed by atoms with van der Waals surface area (Å²) in [5.74, 6) is -0.908. The van der Waals surface area contributed by atoms with Crippen molar-refractivity contribution in [3.05, 3.63) is 120 Å². The predicted molar refractivity (Wildman–Crippen MR) is 150 cm³/mol. The van der Waals surface area contributed by atoms with E-state index in [9.17, 15) is 21.2 Å². The Morgan fingerprint density at radius 1 is 0.659 bits per heavy atom. The number of hydrogen-bond donors (Lipinski definition) is 0. The zero-order chi connectivity index (χ0) is 29.5. The van der Waals surface area contributed by atoms with E-state index < -0.39 is 45.4 Å². The molecule has 0 fully saturated rings. The molecule has 0 aliphatic heterocycles. The maximum atomic E-state index is 14.7. The van der Waals surface area contributed by atoms with Crippen molar-refractivity contribution in [1.82, 2.24) is 0 Å². The molecule has 0 aliphatic carbocycles. The first-order chi connectivity index (χ1) is 19.5. The Hall–Kier alpha value is -3.77. The number of aryl methyl sites for hydroxylation is 2. The summed E-state index contributed by atoms with van der Waals surface area (Å²) in [5.41, 5.74) is 2.48. The van der Waals surface area contributed by atoms with Crippen molar-refractivity contribution in [3.8, 4) is 11.5 Å². The molecule has 0 spiro atoms. The fraction of sp³-hybridized carbons (Fsp3) is 0.200. The molecule has 0 amide bonds. The Bertz CT molecular complexity index is 1660. The lowest BCUT2D eigenvalue weighted by molar-refractivity contribution is 0.0862. The van der Waals surface area contributed by atoms with Crippen LogP contribution in [0.4, 0.5) is 4.39 Å². The van der Waals surface area contributed by atoms with Crippen molar-refractivity contribution in [2.75, 3.05) is 13.2 Å². The standard InChI is InChI=1S/C30H29FO8S2/c1-22-11-15-26(16-12-22)40(32,33)38-21-25(39-41(34,35)27-17-13-23(2)14-18-27)20-36-29-10-6-9-28(31)30(29)37-19-24-7-4-3-5-8-24/h3-18,25H,19-21H2,1-2H3/t25-/m1/s1. The molecule has 11 heteroatoms. The Morgan fingerprint density at radius 3 is 1.85 bits per heavy atom. The van der Waals surface area contributed by atoms with E-state index in [4.69, 9.17) is 17.8 Å². The summed E-state index contributed by atoms with van der Waals surface area (Å²) in [4.78, 5) is -0.238. The van der Waals surface area contributed by atoms with Gasteiger partial charge in [0.2, 0.25) is 0 Å². The van der Waals surface area contributed by atoms with Gasteiger partial charge in [0.15, 0.2) is 17.3 Å². The number of hydrogen-bond acceptors (Lipinski definition) is 8. The molecule has 216 valence electrons. The van der Waals surface area contributed by atoms with Crippen LogP contribution in [0.2, 0.25) is 0 Å². The van der Waals surface area contributed by atoms with E-state index in [0.29, 0.717) is 0 Å². The third-order valence-electron chi connectivity index (χ3n) is 5.87. The van der Waals surface area contributed by atoms with Gasteiger partial charge in [-0.25, -0.2) is 4.39 Å². The minimum absolute atomic E-state index is 0.0244. The monoisotopic (exact) mass is 600 g/mol. The largest absolute Gasteiger partial charge is 0.487 e. The lowest BCUT2D eigenvalue weighted by Crippen LogP contribution is -2.31. The lowest BCUT2D eigenvalue weighted by Gasteiger charge is -2.20. The number of halogens is 1. The number of ether oxygens (including phenoxy) is 2. The molecule has 1 atom stereocenters. The molecule has 0 bridgehead atoms. The van der Waals surface area contributed by atoms with Gasteiger partial charge >= 0.3 is 0 Å². The normalized spacial score (nSPS) is 12.6. The molecule has 0 unspecified atom stereocenters. The van der Waals surface area contributed by atoms with Gasteiger partial charge in [-0.05, 0) is 55.8 Å². The Labute approximate surface area is 239 Å². The first-order valence-corrected chi connectivity index (χ1v) is 15.4. The van der Waals surface area contributed by atoms with Crippen molar-refractivity contribution >= 4 is 20.2 Å². The van der Waals surface area contributed by atoms with Gasteiger partial charge in [-0.1, -0.05) is 71.8 Å². The van der Waals surface area contributed by atoms with E-state index in [1.54, 1.807) is 38.1 Å². The van der Waals surface area contributed by atoms with Crippen LogP contribution in [-0.2, 0) is 35.2 Å². The van der Waals surface area contributed by atoms with Crippen LogP contribution in [-0.4, -0.2) is 36.2 Å². The van der Waals surface area contributed by atoms with E-state index >= 15 is 0 Å². The molecule has 0 saturated heterocycles. The summed E-state index contributed by atoms with van der Waals surface area (Å²) in [6.45, 7) is 2.46. The van der Waals surface area contributed by atoms with Crippen LogP contribution in [0, 0.1) is 19.7 Å². The van der Waals surface area contributed by atoms with Crippen molar-refractivity contribution in [1.29, 1.82) is 0 Å². The van der Waals surface area contributed by atoms with Crippen molar-refractivity contribution in [2.45, 2.75) is 36.3 Å². The third kappa shape index (κ3) is 8.37. The van der Waals surface area contributed by atoms with E-state index in [-0.39, 0.29) is 27.9 Å². The predicted octanol–water partition coefficient (Wildman–Crippen LogP) is 5.58. The van der Waals surface area contributed by atoms with Crippen LogP contribution in [0.1, 0.15) is 16.7 Å². The number of rotatable bonds is 13. The smallest absolute Gasteiger partial charge is 0.297 e. The van der Waals surface area contributed by atoms with Gasteiger partial charge in [0.25, 0.3) is 20.2 Å². The molecule has 0 aromatic heterocycles. The average molecular weight is 601 g/mol. The minimum atomic E-state index is -4.34. The first kappa shape index (κ1) is 30.2. The second-order valence-electron chi connectivity index (χ2n) is 9.19. The highest BCUT2D eigenvalue weighted by Gasteiger charge is 2.27. The zero-order valence-corrected chi connectivity index (χ0v) is 24.0. The fourth-order valence-corrected chi connectivity index (χ4v) is 5.62. The van der Waals surface area contributed by atoms with Crippen LogP contribution in [0.25, 0.3) is 0 Å². The fourth-order valence-electron chi connectivity index (χ4n) is 3.64. The minimum Gasteiger partial charge on any atom is -0.487 e. The quantitative estimate of drug-likeness (QED) is 0.183. The zero-order valence-electron chi connectivity index (χ0n) is 22.4. The molecule has 4 aromatic rings. The molecule has 4 aromatic carbocycles. The number of para-hydroxylation sites is 1. The van der Waals surface area contributed by atoms with Gasteiger partial charge in [0, 0.05) is 0 Å². The maximum absolute atomic E-state index is 14.7. The van der Waals surface area contributed by atoms with Gasteiger partial charge in [0.05, 0.1) is 16.4 Å². The van der Waals surface area contributed by atoms with Gasteiger partial charge in [0.1, 0.15) is 19.3 Å². The van der Waals surface area contributed by atoms with Crippen molar-refractivity contribution in [3.63, 3.8) is 0 Å². The molecule has 0 radical (unpaired) electrons. The summed E-state index contributed by atoms with van der Waals surface area (Å²) < 4.78 is 88.2. The van der Waals surface area contributed by atoms with Crippen LogP contribution < -0.4 is 9.47 Å². The van der Waals surface area contributed by atoms with Crippen LogP contribution in [0.5, 0.6) is 11.5 Å².